The Bertz CT molecular complexity index is 439. The highest BCUT2D eigenvalue weighted by Gasteiger charge is 2.28. The van der Waals surface area contributed by atoms with Gasteiger partial charge in [0.25, 0.3) is 0 Å². The maximum Gasteiger partial charge on any atom is 0.123 e. The van der Waals surface area contributed by atoms with Crippen molar-refractivity contribution in [2.45, 2.75) is 32.2 Å². The van der Waals surface area contributed by atoms with Crippen LogP contribution in [0.2, 0.25) is 0 Å². The van der Waals surface area contributed by atoms with E-state index in [-0.39, 0.29) is 17.5 Å². The third kappa shape index (κ3) is 4.53. The summed E-state index contributed by atoms with van der Waals surface area (Å²) in [5, 5.41) is 3.32. The second kappa shape index (κ2) is 6.31. The van der Waals surface area contributed by atoms with Crippen LogP contribution in [0.25, 0.3) is 0 Å². The molecule has 1 aliphatic heterocycles. The lowest BCUT2D eigenvalue weighted by molar-refractivity contribution is -0.122. The van der Waals surface area contributed by atoms with E-state index in [1.54, 1.807) is 6.07 Å². The first-order valence-electron chi connectivity index (χ1n) is 6.36. The fourth-order valence-corrected chi connectivity index (χ4v) is 2.48. The predicted octanol–water partition coefficient (Wildman–Crippen LogP) is 2.87. The Morgan fingerprint density at radius 1 is 1.53 bits per heavy atom. The zero-order chi connectivity index (χ0) is 13.9. The summed E-state index contributed by atoms with van der Waals surface area (Å²) in [5.74, 6) is -0.251. The molecule has 2 rings (SSSR count). The number of ether oxygens (including phenoxy) is 2. The van der Waals surface area contributed by atoms with Crippen LogP contribution in [0, 0.1) is 5.82 Å². The van der Waals surface area contributed by atoms with Crippen LogP contribution in [0.3, 0.4) is 0 Å². The lowest BCUT2D eigenvalue weighted by Gasteiger charge is -2.36. The van der Waals surface area contributed by atoms with E-state index in [0.29, 0.717) is 13.2 Å². The number of rotatable bonds is 4. The lowest BCUT2D eigenvalue weighted by Crippen LogP contribution is -2.51. The van der Waals surface area contributed by atoms with Crippen LogP contribution in [0.4, 0.5) is 4.39 Å². The van der Waals surface area contributed by atoms with Gasteiger partial charge in [-0.1, -0.05) is 15.9 Å². The van der Waals surface area contributed by atoms with E-state index in [1.807, 2.05) is 0 Å². The molecule has 1 saturated heterocycles. The maximum absolute atomic E-state index is 13.1. The third-order valence-electron chi connectivity index (χ3n) is 2.98. The van der Waals surface area contributed by atoms with E-state index < -0.39 is 0 Å². The lowest BCUT2D eigenvalue weighted by atomic mass is 10.1. The van der Waals surface area contributed by atoms with Crippen molar-refractivity contribution in [3.05, 3.63) is 34.1 Å². The van der Waals surface area contributed by atoms with E-state index in [9.17, 15) is 4.39 Å². The average molecular weight is 332 g/mol. The predicted molar refractivity (Wildman–Crippen MR) is 75.6 cm³/mol. The summed E-state index contributed by atoms with van der Waals surface area (Å²) in [7, 11) is 0. The molecule has 5 heteroatoms. The Morgan fingerprint density at radius 3 is 3.05 bits per heavy atom. The van der Waals surface area contributed by atoms with Gasteiger partial charge < -0.3 is 14.8 Å². The molecular formula is C14H19BrFNO2. The minimum Gasteiger partial charge on any atom is -0.374 e. The average Bonchev–Trinajstić information content (AvgIpc) is 2.32. The molecule has 1 aromatic rings. The molecule has 1 fully saturated rings. The van der Waals surface area contributed by atoms with E-state index >= 15 is 0 Å². The van der Waals surface area contributed by atoms with Gasteiger partial charge in [0, 0.05) is 17.6 Å². The monoisotopic (exact) mass is 331 g/mol. The Balaban J connectivity index is 1.81. The highest BCUT2D eigenvalue weighted by Crippen LogP contribution is 2.20. The van der Waals surface area contributed by atoms with Crippen molar-refractivity contribution >= 4 is 15.9 Å². The van der Waals surface area contributed by atoms with Gasteiger partial charge in [-0.05, 0) is 37.6 Å². The van der Waals surface area contributed by atoms with Crippen molar-refractivity contribution in [3.8, 4) is 0 Å². The fraction of sp³-hybridized carbons (Fsp3) is 0.571. The first-order valence-corrected chi connectivity index (χ1v) is 7.16. The van der Waals surface area contributed by atoms with Crippen LogP contribution >= 0.6 is 15.9 Å². The van der Waals surface area contributed by atoms with Crippen molar-refractivity contribution in [1.29, 1.82) is 0 Å². The van der Waals surface area contributed by atoms with Crippen LogP contribution in [0.5, 0.6) is 0 Å². The minimum atomic E-state index is -0.251. The molecule has 0 aliphatic carbocycles. The van der Waals surface area contributed by atoms with Gasteiger partial charge in [0.15, 0.2) is 0 Å². The molecule has 106 valence electrons. The molecule has 1 unspecified atom stereocenters. The van der Waals surface area contributed by atoms with Crippen molar-refractivity contribution in [1.82, 2.24) is 5.32 Å². The van der Waals surface area contributed by atoms with Crippen LogP contribution < -0.4 is 5.32 Å². The molecule has 1 atom stereocenters. The van der Waals surface area contributed by atoms with E-state index in [0.717, 1.165) is 23.1 Å². The van der Waals surface area contributed by atoms with Gasteiger partial charge >= 0.3 is 0 Å². The first-order chi connectivity index (χ1) is 8.96. The fourth-order valence-electron chi connectivity index (χ4n) is 2.12. The smallest absolute Gasteiger partial charge is 0.123 e. The largest absolute Gasteiger partial charge is 0.374 e. The zero-order valence-electron chi connectivity index (χ0n) is 11.2. The highest BCUT2D eigenvalue weighted by molar-refractivity contribution is 9.10. The molecule has 0 radical (unpaired) electrons. The van der Waals surface area contributed by atoms with Gasteiger partial charge in [-0.2, -0.15) is 0 Å². The Labute approximate surface area is 121 Å². The molecule has 1 aromatic carbocycles. The van der Waals surface area contributed by atoms with Crippen LogP contribution in [0.1, 0.15) is 19.4 Å². The summed E-state index contributed by atoms with van der Waals surface area (Å²) < 4.78 is 25.5. The van der Waals surface area contributed by atoms with E-state index in [4.69, 9.17) is 9.47 Å². The van der Waals surface area contributed by atoms with Gasteiger partial charge in [-0.15, -0.1) is 0 Å². The Hall–Kier alpha value is -0.490. The second-order valence-electron chi connectivity index (χ2n) is 5.38. The number of benzene rings is 1. The quantitative estimate of drug-likeness (QED) is 0.920. The van der Waals surface area contributed by atoms with Crippen LogP contribution in [0.15, 0.2) is 22.7 Å². The van der Waals surface area contributed by atoms with Crippen molar-refractivity contribution in [3.63, 3.8) is 0 Å². The summed E-state index contributed by atoms with van der Waals surface area (Å²) in [5.41, 5.74) is 0.647. The molecular weight excluding hydrogens is 313 g/mol. The molecule has 0 spiro atoms. The van der Waals surface area contributed by atoms with Crippen LogP contribution in [-0.2, 0) is 16.1 Å². The topological polar surface area (TPSA) is 30.5 Å². The third-order valence-corrected chi connectivity index (χ3v) is 3.75. The molecule has 0 bridgehead atoms. The molecule has 1 heterocycles. The zero-order valence-corrected chi connectivity index (χ0v) is 12.8. The van der Waals surface area contributed by atoms with E-state index in [1.165, 1.54) is 12.1 Å². The highest BCUT2D eigenvalue weighted by atomic mass is 79.9. The maximum atomic E-state index is 13.1. The number of hydrogen-bond donors (Lipinski definition) is 1. The van der Waals surface area contributed by atoms with E-state index in [2.05, 4.69) is 35.1 Å². The number of hydrogen-bond acceptors (Lipinski definition) is 3. The van der Waals surface area contributed by atoms with Gasteiger partial charge in [-0.3, -0.25) is 0 Å². The van der Waals surface area contributed by atoms with Crippen molar-refractivity contribution in [2.75, 3.05) is 19.7 Å². The standard InChI is InChI=1S/C14H19BrFNO2/c1-14(2)9-17-6-12(19-14)8-18-7-10-5-11(16)3-4-13(10)15/h3-5,12,17H,6-9H2,1-2H3. The summed E-state index contributed by atoms with van der Waals surface area (Å²) in [6.07, 6.45) is 0.0380. The Morgan fingerprint density at radius 2 is 2.32 bits per heavy atom. The van der Waals surface area contributed by atoms with Gasteiger partial charge in [0.1, 0.15) is 5.82 Å². The minimum absolute atomic E-state index is 0.0380. The summed E-state index contributed by atoms with van der Waals surface area (Å²) in [6.45, 7) is 6.61. The molecule has 1 N–H and O–H groups in total. The molecule has 0 amide bonds. The first kappa shape index (κ1) is 14.9. The number of halogens is 2. The number of morpholine rings is 1. The van der Waals surface area contributed by atoms with Gasteiger partial charge in [0.2, 0.25) is 0 Å². The molecule has 3 nitrogen and oxygen atoms in total. The van der Waals surface area contributed by atoms with Crippen molar-refractivity contribution in [2.24, 2.45) is 0 Å². The molecule has 19 heavy (non-hydrogen) atoms. The summed E-state index contributed by atoms with van der Waals surface area (Å²) in [6, 6.07) is 4.59. The van der Waals surface area contributed by atoms with Gasteiger partial charge in [-0.25, -0.2) is 4.39 Å². The number of nitrogens with one attached hydrogen (secondary N) is 1. The summed E-state index contributed by atoms with van der Waals surface area (Å²) in [4.78, 5) is 0. The van der Waals surface area contributed by atoms with Gasteiger partial charge in [0.05, 0.1) is 24.9 Å². The van der Waals surface area contributed by atoms with Crippen molar-refractivity contribution < 1.29 is 13.9 Å². The SMILES string of the molecule is CC1(C)CNCC(COCc2cc(F)ccc2Br)O1. The molecule has 0 aromatic heterocycles. The molecule has 0 saturated carbocycles. The second-order valence-corrected chi connectivity index (χ2v) is 6.24. The van der Waals surface area contributed by atoms with Crippen LogP contribution in [-0.4, -0.2) is 31.4 Å². The molecule has 1 aliphatic rings. The normalized spacial score (nSPS) is 22.4. The Kier molecular flexibility index (Phi) is 4.95. The summed E-state index contributed by atoms with van der Waals surface area (Å²) >= 11 is 3.38.